The molecule has 0 fully saturated rings. The van der Waals surface area contributed by atoms with Gasteiger partial charge in [0.1, 0.15) is 6.61 Å². The molecule has 4 aromatic carbocycles. The van der Waals surface area contributed by atoms with Gasteiger partial charge < -0.3 is 15.8 Å². The molecule has 0 heterocycles. The average Bonchev–Trinajstić information content (AvgIpc) is 2.90. The molecule has 5 heteroatoms. The van der Waals surface area contributed by atoms with Crippen molar-refractivity contribution < 1.29 is 14.3 Å². The van der Waals surface area contributed by atoms with Crippen LogP contribution in [0.15, 0.2) is 97.1 Å². The van der Waals surface area contributed by atoms with Gasteiger partial charge in [-0.3, -0.25) is 4.79 Å². The van der Waals surface area contributed by atoms with Crippen molar-refractivity contribution in [3.63, 3.8) is 0 Å². The quantitative estimate of drug-likeness (QED) is 0.341. The zero-order valence-corrected chi connectivity index (χ0v) is 19.5. The fourth-order valence-corrected chi connectivity index (χ4v) is 3.54. The lowest BCUT2D eigenvalue weighted by molar-refractivity contribution is -0.117. The first kappa shape index (κ1) is 24.7. The van der Waals surface area contributed by atoms with Gasteiger partial charge in [0.2, 0.25) is 5.91 Å². The Kier molecular flexibility index (Phi) is 8.95. The molecular formula is C29H30N2O3. The van der Waals surface area contributed by atoms with Crippen molar-refractivity contribution in [2.75, 3.05) is 11.9 Å². The van der Waals surface area contributed by atoms with Crippen LogP contribution in [0.4, 0.5) is 5.69 Å². The number of carbonyl (C=O) groups excluding carboxylic acids is 2. The third-order valence-corrected chi connectivity index (χ3v) is 5.33. The van der Waals surface area contributed by atoms with Gasteiger partial charge in [-0.1, -0.05) is 86.6 Å². The van der Waals surface area contributed by atoms with Gasteiger partial charge in [0.05, 0.1) is 11.5 Å². The standard InChI is InChI=1S/C27H24N2O3.C2H6/c28-17-25(26(30)29-24-15-14-20-6-4-5-9-23(20)16-24)21-12-10-19(11-13-21)18-32-27(31)22-7-2-1-3-8-22;1-2/h1-16,25H,17-18,28H2,(H,29,30);1-2H3/t25-;/m0./s1. The van der Waals surface area contributed by atoms with Crippen LogP contribution in [0.5, 0.6) is 0 Å². The molecule has 0 aliphatic carbocycles. The number of hydrogen-bond donors (Lipinski definition) is 2. The molecule has 34 heavy (non-hydrogen) atoms. The predicted molar refractivity (Wildman–Crippen MR) is 138 cm³/mol. The monoisotopic (exact) mass is 454 g/mol. The lowest BCUT2D eigenvalue weighted by Gasteiger charge is -2.16. The van der Waals surface area contributed by atoms with E-state index in [9.17, 15) is 9.59 Å². The Bertz CT molecular complexity index is 1220. The van der Waals surface area contributed by atoms with Crippen LogP contribution in [-0.2, 0) is 16.1 Å². The molecular weight excluding hydrogens is 424 g/mol. The highest BCUT2D eigenvalue weighted by Gasteiger charge is 2.19. The maximum Gasteiger partial charge on any atom is 0.338 e. The molecule has 4 rings (SSSR count). The summed E-state index contributed by atoms with van der Waals surface area (Å²) in [5.74, 6) is -1.02. The van der Waals surface area contributed by atoms with E-state index in [1.54, 1.807) is 24.3 Å². The van der Waals surface area contributed by atoms with Crippen LogP contribution in [0.2, 0.25) is 0 Å². The zero-order chi connectivity index (χ0) is 24.3. The number of fused-ring (bicyclic) bond motifs is 1. The summed E-state index contributed by atoms with van der Waals surface area (Å²) in [5.41, 5.74) is 8.81. The average molecular weight is 455 g/mol. The van der Waals surface area contributed by atoms with Gasteiger partial charge in [-0.2, -0.15) is 0 Å². The number of hydrogen-bond acceptors (Lipinski definition) is 4. The lowest BCUT2D eigenvalue weighted by atomic mass is 9.97. The second-order valence-corrected chi connectivity index (χ2v) is 7.52. The SMILES string of the molecule is CC.NC[C@H](C(=O)Nc1ccc2ccccc2c1)c1ccc(COC(=O)c2ccccc2)cc1. The van der Waals surface area contributed by atoms with Crippen LogP contribution in [0, 0.1) is 0 Å². The third-order valence-electron chi connectivity index (χ3n) is 5.33. The zero-order valence-electron chi connectivity index (χ0n) is 19.5. The molecule has 0 aliphatic heterocycles. The number of nitrogens with one attached hydrogen (secondary N) is 1. The predicted octanol–water partition coefficient (Wildman–Crippen LogP) is 5.90. The van der Waals surface area contributed by atoms with Crippen LogP contribution in [0.25, 0.3) is 10.8 Å². The molecule has 4 aromatic rings. The van der Waals surface area contributed by atoms with Gasteiger partial charge in [0.15, 0.2) is 0 Å². The Morgan fingerprint density at radius 1 is 0.824 bits per heavy atom. The Hall–Kier alpha value is -3.96. The minimum Gasteiger partial charge on any atom is -0.457 e. The summed E-state index contributed by atoms with van der Waals surface area (Å²) in [7, 11) is 0. The van der Waals surface area contributed by atoms with Crippen molar-refractivity contribution in [1.29, 1.82) is 0 Å². The molecule has 0 saturated carbocycles. The minimum absolute atomic E-state index is 0.157. The number of benzene rings is 4. The summed E-state index contributed by atoms with van der Waals surface area (Å²) in [6, 6.07) is 30.1. The highest BCUT2D eigenvalue weighted by atomic mass is 16.5. The van der Waals surface area contributed by atoms with Crippen LogP contribution in [-0.4, -0.2) is 18.4 Å². The lowest BCUT2D eigenvalue weighted by Crippen LogP contribution is -2.27. The van der Waals surface area contributed by atoms with Crippen molar-refractivity contribution in [2.45, 2.75) is 26.4 Å². The molecule has 0 spiro atoms. The smallest absolute Gasteiger partial charge is 0.338 e. The maximum absolute atomic E-state index is 12.9. The Balaban J connectivity index is 0.00000158. The number of rotatable bonds is 7. The first-order valence-corrected chi connectivity index (χ1v) is 11.4. The fourth-order valence-electron chi connectivity index (χ4n) is 3.54. The number of esters is 1. The van der Waals surface area contributed by atoms with Crippen LogP contribution in [0.1, 0.15) is 41.3 Å². The van der Waals surface area contributed by atoms with Gasteiger partial charge in [-0.25, -0.2) is 4.79 Å². The van der Waals surface area contributed by atoms with E-state index in [0.717, 1.165) is 27.6 Å². The van der Waals surface area contributed by atoms with E-state index in [1.807, 2.05) is 86.6 Å². The minimum atomic E-state index is -0.484. The summed E-state index contributed by atoms with van der Waals surface area (Å²) in [5, 5.41) is 5.14. The summed E-state index contributed by atoms with van der Waals surface area (Å²) >= 11 is 0. The van der Waals surface area contributed by atoms with Crippen molar-refractivity contribution in [2.24, 2.45) is 5.73 Å². The Morgan fingerprint density at radius 3 is 2.15 bits per heavy atom. The van der Waals surface area contributed by atoms with E-state index in [4.69, 9.17) is 10.5 Å². The highest BCUT2D eigenvalue weighted by Crippen LogP contribution is 2.22. The first-order valence-electron chi connectivity index (χ1n) is 11.4. The molecule has 0 aromatic heterocycles. The van der Waals surface area contributed by atoms with E-state index in [0.29, 0.717) is 5.56 Å². The number of nitrogens with two attached hydrogens (primary N) is 1. The van der Waals surface area contributed by atoms with E-state index < -0.39 is 5.92 Å². The van der Waals surface area contributed by atoms with Gasteiger partial charge in [-0.05, 0) is 46.2 Å². The molecule has 3 N–H and O–H groups in total. The summed E-state index contributed by atoms with van der Waals surface area (Å²) in [6.07, 6.45) is 0. The second-order valence-electron chi connectivity index (χ2n) is 7.52. The number of ether oxygens (including phenoxy) is 1. The molecule has 0 radical (unpaired) electrons. The van der Waals surface area contributed by atoms with Crippen LogP contribution < -0.4 is 11.1 Å². The van der Waals surface area contributed by atoms with Crippen molar-refractivity contribution >= 4 is 28.3 Å². The summed E-state index contributed by atoms with van der Waals surface area (Å²) in [6.45, 7) is 4.34. The topological polar surface area (TPSA) is 81.4 Å². The van der Waals surface area contributed by atoms with Crippen molar-refractivity contribution in [1.82, 2.24) is 0 Å². The molecule has 1 amide bonds. The number of carbonyl (C=O) groups is 2. The van der Waals surface area contributed by atoms with E-state index >= 15 is 0 Å². The molecule has 0 saturated heterocycles. The van der Waals surface area contributed by atoms with E-state index in [2.05, 4.69) is 5.32 Å². The van der Waals surface area contributed by atoms with Crippen LogP contribution >= 0.6 is 0 Å². The Labute approximate surface area is 200 Å². The summed E-state index contributed by atoms with van der Waals surface area (Å²) < 4.78 is 5.36. The normalized spacial score (nSPS) is 11.1. The maximum atomic E-state index is 12.9. The van der Waals surface area contributed by atoms with Crippen molar-refractivity contribution in [3.8, 4) is 0 Å². The van der Waals surface area contributed by atoms with Gasteiger partial charge in [0.25, 0.3) is 0 Å². The molecule has 5 nitrogen and oxygen atoms in total. The van der Waals surface area contributed by atoms with Gasteiger partial charge >= 0.3 is 5.97 Å². The first-order chi connectivity index (χ1) is 16.6. The number of amides is 1. The van der Waals surface area contributed by atoms with Gasteiger partial charge in [0, 0.05) is 12.2 Å². The van der Waals surface area contributed by atoms with E-state index in [1.165, 1.54) is 0 Å². The third kappa shape index (κ3) is 6.30. The molecule has 174 valence electrons. The van der Waals surface area contributed by atoms with E-state index in [-0.39, 0.29) is 25.0 Å². The Morgan fingerprint density at radius 2 is 1.47 bits per heavy atom. The second kappa shape index (κ2) is 12.3. The molecule has 0 unspecified atom stereocenters. The fraction of sp³-hybridized carbons (Fsp3) is 0.172. The highest BCUT2D eigenvalue weighted by molar-refractivity contribution is 5.98. The van der Waals surface area contributed by atoms with Gasteiger partial charge in [-0.15, -0.1) is 0 Å². The molecule has 1 atom stereocenters. The number of anilines is 1. The largest absolute Gasteiger partial charge is 0.457 e. The van der Waals surface area contributed by atoms with Crippen molar-refractivity contribution in [3.05, 3.63) is 114 Å². The molecule has 0 aliphatic rings. The summed E-state index contributed by atoms with van der Waals surface area (Å²) in [4.78, 5) is 25.0. The van der Waals surface area contributed by atoms with Crippen LogP contribution in [0.3, 0.4) is 0 Å². The molecule has 0 bridgehead atoms.